The monoisotopic (exact) mass is 1510 g/mol. The van der Waals surface area contributed by atoms with E-state index >= 15 is 0 Å². The minimum absolute atomic E-state index is 0.0133. The highest BCUT2D eigenvalue weighted by molar-refractivity contribution is 5.76. The number of ether oxygens (including phenoxy) is 8. The molecular formula is C79H109N21O10. The molecule has 6 aromatic heterocycles. The number of benzene rings is 3. The van der Waals surface area contributed by atoms with Crippen molar-refractivity contribution in [2.45, 2.75) is 223 Å². The molecule has 31 nitrogen and oxygen atoms in total. The third kappa shape index (κ3) is 19.5. The smallest absolute Gasteiger partial charge is 0.243 e. The number of piperidine rings is 3. The van der Waals surface area contributed by atoms with Crippen molar-refractivity contribution >= 4 is 17.8 Å². The molecule has 590 valence electrons. The van der Waals surface area contributed by atoms with Gasteiger partial charge >= 0.3 is 0 Å². The predicted octanol–water partition coefficient (Wildman–Crippen LogP) is 11.2. The normalized spacial score (nSPS) is 23.6. The highest BCUT2D eigenvalue weighted by atomic mass is 16.7. The molecule has 3 aromatic carbocycles. The second kappa shape index (κ2) is 34.1. The molecule has 0 aliphatic carbocycles. The van der Waals surface area contributed by atoms with E-state index in [-0.39, 0.29) is 89.8 Å². The fraction of sp³-hybridized carbons (Fsp3) is 0.544. The Morgan fingerprint density at radius 1 is 0.473 bits per heavy atom. The topological polar surface area (TPSA) is 367 Å². The Bertz CT molecular complexity index is 4450. The minimum Gasteiger partial charge on any atom is -0.507 e. The summed E-state index contributed by atoms with van der Waals surface area (Å²) in [5.74, 6) is 2.59. The number of nitrogens with zero attached hydrogens (tertiary/aromatic N) is 14. The summed E-state index contributed by atoms with van der Waals surface area (Å²) in [7, 11) is 6.63. The van der Waals surface area contributed by atoms with E-state index in [1.807, 2.05) is 90.5 Å². The molecule has 0 bridgehead atoms. The van der Waals surface area contributed by atoms with Gasteiger partial charge in [0.2, 0.25) is 17.8 Å². The van der Waals surface area contributed by atoms with Crippen LogP contribution >= 0.6 is 0 Å². The lowest BCUT2D eigenvalue weighted by Crippen LogP contribution is -2.69. The van der Waals surface area contributed by atoms with E-state index in [1.54, 1.807) is 71.6 Å². The highest BCUT2D eigenvalue weighted by Crippen LogP contribution is 2.40. The molecule has 5 fully saturated rings. The molecule has 5 aliphatic rings. The summed E-state index contributed by atoms with van der Waals surface area (Å²) in [6, 6.07) is 17.0. The first-order valence-electron chi connectivity index (χ1n) is 37.7. The van der Waals surface area contributed by atoms with Gasteiger partial charge in [-0.05, 0) is 194 Å². The second-order valence-electron chi connectivity index (χ2n) is 32.6. The third-order valence-corrected chi connectivity index (χ3v) is 20.6. The largest absolute Gasteiger partial charge is 0.507 e. The van der Waals surface area contributed by atoms with Gasteiger partial charge in [-0.1, -0.05) is 18.2 Å². The van der Waals surface area contributed by atoms with Crippen LogP contribution in [0.25, 0.3) is 67.2 Å². The standard InChI is InChI=1S/C29H41N7O4.C28H39N7O4.C22H29N7O2/c1-28(2)14-22(26(38-6)29(3,4)35-28)32-27-30-16-23(33-34-27)21-11-10-19(13-24(21)40-18-37-5)20-15-31-36(17-20)25-9-7-8-12-39-25;1-27(2)13-21(25(36)28(3,4)34-27)31-26-29-15-22(32-33-26)20-10-9-18(12-23(20)39-17-37-5)19-14-30-35(16-19)24-8-6-7-11-38-24;1-21(2)9-16(19(31-5)22(3,4)29-21)26-20-23-12-17(27-28-20)15-7-6-13(8-18(15)30)14-10-24-25-11-14/h10-11,13,15-17,22,25-26,35H,7-9,12,14,18H2,1-6H3,(H,30,32,34);9-10,12,14-16,21,24-25,34,36H,6-8,11,13,17H2,1-5H3,(H,29,31,33);6-8,10-12,16,19,29-30H,9H2,1-5H3,(H,24,25)(H,23,26,28)/t22-,25?,26-;21-,24?,25-;16-,19-/m000/s1. The van der Waals surface area contributed by atoms with Gasteiger partial charge in [-0.3, -0.25) is 5.10 Å². The third-order valence-electron chi connectivity index (χ3n) is 20.6. The van der Waals surface area contributed by atoms with Crippen LogP contribution in [0.15, 0.2) is 110 Å². The Kier molecular flexibility index (Phi) is 24.9. The van der Waals surface area contributed by atoms with Crippen LogP contribution in [0, 0.1) is 0 Å². The van der Waals surface area contributed by atoms with E-state index in [9.17, 15) is 10.2 Å². The predicted molar refractivity (Wildman–Crippen MR) is 418 cm³/mol. The van der Waals surface area contributed by atoms with Crippen molar-refractivity contribution in [3.05, 3.63) is 110 Å². The molecule has 8 atom stereocenters. The van der Waals surface area contributed by atoms with Crippen LogP contribution in [-0.4, -0.2) is 210 Å². The van der Waals surface area contributed by atoms with Gasteiger partial charge in [0.1, 0.15) is 46.8 Å². The zero-order valence-corrected chi connectivity index (χ0v) is 66.1. The minimum atomic E-state index is -0.621. The van der Waals surface area contributed by atoms with Crippen molar-refractivity contribution in [1.82, 2.24) is 91.3 Å². The van der Waals surface area contributed by atoms with Gasteiger partial charge in [0.15, 0.2) is 13.6 Å². The number of nitrogens with one attached hydrogen (secondary N) is 7. The first-order valence-corrected chi connectivity index (χ1v) is 37.7. The van der Waals surface area contributed by atoms with Gasteiger partial charge in [0.25, 0.3) is 0 Å². The van der Waals surface area contributed by atoms with Crippen LogP contribution in [0.2, 0.25) is 0 Å². The zero-order valence-electron chi connectivity index (χ0n) is 66.1. The van der Waals surface area contributed by atoms with Crippen molar-refractivity contribution in [3.8, 4) is 84.4 Å². The Labute approximate surface area is 643 Å². The van der Waals surface area contributed by atoms with Crippen molar-refractivity contribution in [2.24, 2.45) is 0 Å². The van der Waals surface area contributed by atoms with Crippen molar-refractivity contribution in [3.63, 3.8) is 0 Å². The summed E-state index contributed by atoms with van der Waals surface area (Å²) < 4.78 is 49.4. The molecular weight excluding hydrogens is 1400 g/mol. The number of methoxy groups -OCH3 is 4. The lowest BCUT2D eigenvalue weighted by atomic mass is 9.77. The number of phenolic OH excluding ortho intramolecular Hbond substituents is 1. The summed E-state index contributed by atoms with van der Waals surface area (Å²) in [6.07, 6.45) is 24.2. The molecule has 14 rings (SSSR count). The molecule has 0 saturated carbocycles. The lowest BCUT2D eigenvalue weighted by Gasteiger charge is -2.51. The van der Waals surface area contributed by atoms with Crippen LogP contribution < -0.4 is 41.4 Å². The number of hydrogen-bond acceptors (Lipinski definition) is 28. The van der Waals surface area contributed by atoms with E-state index in [0.29, 0.717) is 58.4 Å². The van der Waals surface area contributed by atoms with Gasteiger partial charge < -0.3 is 80.0 Å². The fourth-order valence-electron chi connectivity index (χ4n) is 16.5. The first kappa shape index (κ1) is 80.2. The van der Waals surface area contributed by atoms with E-state index in [1.165, 1.54) is 0 Å². The number of aliphatic hydroxyl groups is 1. The van der Waals surface area contributed by atoms with Gasteiger partial charge in [-0.15, -0.1) is 30.6 Å². The van der Waals surface area contributed by atoms with Crippen molar-refractivity contribution in [1.29, 1.82) is 0 Å². The Morgan fingerprint density at radius 3 is 1.26 bits per heavy atom. The molecule has 0 spiro atoms. The number of aromatic hydroxyl groups is 1. The Hall–Kier alpha value is -9.28. The molecule has 0 radical (unpaired) electrons. The van der Waals surface area contributed by atoms with Crippen LogP contribution in [-0.2, 0) is 28.4 Å². The molecule has 31 heteroatoms. The summed E-state index contributed by atoms with van der Waals surface area (Å²) >= 11 is 0. The lowest BCUT2D eigenvalue weighted by molar-refractivity contribution is -0.0395. The summed E-state index contributed by atoms with van der Waals surface area (Å²) in [5, 5.41) is 84.3. The Morgan fingerprint density at radius 2 is 0.882 bits per heavy atom. The van der Waals surface area contributed by atoms with Crippen molar-refractivity contribution < 1.29 is 48.1 Å². The number of hydrogen-bond donors (Lipinski definition) is 9. The molecule has 110 heavy (non-hydrogen) atoms. The molecule has 2 unspecified atom stereocenters. The summed E-state index contributed by atoms with van der Waals surface area (Å²) in [4.78, 5) is 13.5. The highest BCUT2D eigenvalue weighted by Gasteiger charge is 2.49. The molecule has 0 amide bonds. The summed E-state index contributed by atoms with van der Waals surface area (Å²) in [6.45, 7) is 27.3. The van der Waals surface area contributed by atoms with E-state index < -0.39 is 11.6 Å². The van der Waals surface area contributed by atoms with Gasteiger partial charge in [-0.25, -0.2) is 24.3 Å². The van der Waals surface area contributed by atoms with Crippen LogP contribution in [0.3, 0.4) is 0 Å². The maximum atomic E-state index is 10.9. The number of aromatic nitrogens is 15. The number of H-pyrrole nitrogens is 1. The van der Waals surface area contributed by atoms with Gasteiger partial charge in [-0.2, -0.15) is 15.3 Å². The molecule has 9 N–H and O–H groups in total. The summed E-state index contributed by atoms with van der Waals surface area (Å²) in [5.41, 5.74) is 8.19. The second-order valence-corrected chi connectivity index (χ2v) is 32.6. The number of anilines is 3. The van der Waals surface area contributed by atoms with Crippen LogP contribution in [0.5, 0.6) is 17.2 Å². The average molecular weight is 1510 g/mol. The van der Waals surface area contributed by atoms with E-state index in [2.05, 4.69) is 167 Å². The molecule has 9 aromatic rings. The quantitative estimate of drug-likeness (QED) is 0.0285. The van der Waals surface area contributed by atoms with Gasteiger partial charge in [0, 0.05) is 127 Å². The zero-order chi connectivity index (χ0) is 78.2. The number of aromatic amines is 1. The average Bonchev–Trinajstić information content (AvgIpc) is 1.01. The first-order chi connectivity index (χ1) is 52.5. The van der Waals surface area contributed by atoms with Gasteiger partial charge in [0.05, 0.1) is 73.6 Å². The van der Waals surface area contributed by atoms with Crippen LogP contribution in [0.4, 0.5) is 17.8 Å². The van der Waals surface area contributed by atoms with Crippen molar-refractivity contribution in [2.75, 3.05) is 71.2 Å². The van der Waals surface area contributed by atoms with E-state index in [0.717, 1.165) is 109 Å². The fourth-order valence-corrected chi connectivity index (χ4v) is 16.5. The van der Waals surface area contributed by atoms with Crippen LogP contribution in [0.1, 0.15) is 153 Å². The van der Waals surface area contributed by atoms with E-state index in [4.69, 9.17) is 37.9 Å². The molecule has 5 saturated heterocycles. The molecule has 5 aliphatic heterocycles. The number of phenols is 1. The number of aliphatic hydroxyl groups excluding tert-OH is 1. The molecule has 11 heterocycles. The SMILES string of the molecule is COCOc1cc(-c2cnn(C3CCCCO3)c2)ccc1-c1cnc(N[C@H]2CC(C)(C)NC(C)(C)[C@H]2O)nn1.COCOc1cc(-c2cnn(C3CCCCO3)c2)ccc1-c1cnc(N[C@H]2CC(C)(C)NC(C)(C)[C@H]2OC)nn1.CO[C@H]1[C@@H](Nc2ncc(-c3ccc(-c4cn[nH]c4)cc3O)nn2)CC(C)(C)NC1(C)C. The Balaban J connectivity index is 0.000000155. The maximum absolute atomic E-state index is 10.9. The maximum Gasteiger partial charge on any atom is 0.243 e. The number of rotatable bonds is 22.